The molecule has 0 fully saturated rings. The second-order valence-electron chi connectivity index (χ2n) is 7.07. The molecule has 2 aliphatic rings. The first kappa shape index (κ1) is 19.7. The molecule has 1 atom stereocenters. The highest BCUT2D eigenvalue weighted by molar-refractivity contribution is 7.12. The fraction of sp³-hybridized carbons (Fsp3) is 0.174. The standard InChI is InChI=1S/C23H18N2O4S2/c26-22(14-29-23(27)16-11-15-5-1-2-6-19(15)28-13-16)25-18(21-8-4-10-31-21)12-17(24-25)20-7-3-9-30-20/h1-11,18H,12-14H2. The van der Waals surface area contributed by atoms with E-state index in [4.69, 9.17) is 9.47 Å². The Bertz CT molecular complexity index is 1170. The molecular formula is C23H18N2O4S2. The summed E-state index contributed by atoms with van der Waals surface area (Å²) in [6.45, 7) is -0.257. The highest BCUT2D eigenvalue weighted by Crippen LogP contribution is 2.36. The Labute approximate surface area is 187 Å². The summed E-state index contributed by atoms with van der Waals surface area (Å²) in [7, 11) is 0. The van der Waals surface area contributed by atoms with Gasteiger partial charge in [0.1, 0.15) is 12.4 Å². The number of carbonyl (C=O) groups is 2. The first-order valence-electron chi connectivity index (χ1n) is 9.75. The van der Waals surface area contributed by atoms with E-state index in [0.717, 1.165) is 26.8 Å². The second-order valence-corrected chi connectivity index (χ2v) is 9.00. The van der Waals surface area contributed by atoms with E-state index in [0.29, 0.717) is 12.0 Å². The summed E-state index contributed by atoms with van der Waals surface area (Å²) in [6, 6.07) is 15.2. The van der Waals surface area contributed by atoms with E-state index in [1.807, 2.05) is 59.3 Å². The normalized spacial score (nSPS) is 17.4. The Morgan fingerprint density at radius 3 is 2.74 bits per heavy atom. The van der Waals surface area contributed by atoms with Crippen LogP contribution in [0.5, 0.6) is 5.75 Å². The number of nitrogens with zero attached hydrogens (tertiary/aromatic N) is 2. The highest BCUT2D eigenvalue weighted by atomic mass is 32.1. The van der Waals surface area contributed by atoms with Crippen molar-refractivity contribution in [3.8, 4) is 5.75 Å². The summed E-state index contributed by atoms with van der Waals surface area (Å²) in [6.07, 6.45) is 2.37. The van der Waals surface area contributed by atoms with Gasteiger partial charge < -0.3 is 9.47 Å². The number of fused-ring (bicyclic) bond motifs is 1. The van der Waals surface area contributed by atoms with E-state index in [-0.39, 0.29) is 25.2 Å². The third-order valence-electron chi connectivity index (χ3n) is 5.06. The predicted molar refractivity (Wildman–Crippen MR) is 120 cm³/mol. The van der Waals surface area contributed by atoms with Gasteiger partial charge in [-0.25, -0.2) is 9.80 Å². The van der Waals surface area contributed by atoms with Crippen LogP contribution < -0.4 is 4.74 Å². The Kier molecular flexibility index (Phi) is 5.40. The van der Waals surface area contributed by atoms with Crippen molar-refractivity contribution in [2.45, 2.75) is 12.5 Å². The van der Waals surface area contributed by atoms with Gasteiger partial charge in [0.2, 0.25) is 0 Å². The maximum atomic E-state index is 13.0. The highest BCUT2D eigenvalue weighted by Gasteiger charge is 2.34. The van der Waals surface area contributed by atoms with Crippen molar-refractivity contribution < 1.29 is 19.1 Å². The summed E-state index contributed by atoms with van der Waals surface area (Å²) in [5, 5.41) is 10.00. The van der Waals surface area contributed by atoms with Crippen LogP contribution in [0.25, 0.3) is 6.08 Å². The van der Waals surface area contributed by atoms with Gasteiger partial charge in [-0.05, 0) is 35.0 Å². The molecule has 0 saturated heterocycles. The number of para-hydroxylation sites is 1. The molecular weight excluding hydrogens is 432 g/mol. The monoisotopic (exact) mass is 450 g/mol. The van der Waals surface area contributed by atoms with Crippen molar-refractivity contribution >= 4 is 46.3 Å². The van der Waals surface area contributed by atoms with E-state index >= 15 is 0 Å². The third kappa shape index (κ3) is 4.04. The molecule has 0 radical (unpaired) electrons. The SMILES string of the molecule is O=C(OCC(=O)N1N=C(c2cccs2)CC1c1cccs1)C1=Cc2ccccc2OC1. The molecule has 1 aromatic carbocycles. The number of ether oxygens (including phenoxy) is 2. The van der Waals surface area contributed by atoms with Gasteiger partial charge in [0.15, 0.2) is 6.61 Å². The Morgan fingerprint density at radius 1 is 1.10 bits per heavy atom. The van der Waals surface area contributed by atoms with Gasteiger partial charge in [-0.15, -0.1) is 22.7 Å². The van der Waals surface area contributed by atoms with Crippen molar-refractivity contribution in [1.29, 1.82) is 0 Å². The lowest BCUT2D eigenvalue weighted by Gasteiger charge is -2.21. The van der Waals surface area contributed by atoms with Crippen molar-refractivity contribution in [2.24, 2.45) is 5.10 Å². The van der Waals surface area contributed by atoms with E-state index in [1.165, 1.54) is 5.01 Å². The number of thiophene rings is 2. The van der Waals surface area contributed by atoms with Crippen LogP contribution in [0.15, 0.2) is 70.0 Å². The molecule has 6 nitrogen and oxygen atoms in total. The molecule has 5 rings (SSSR count). The molecule has 1 unspecified atom stereocenters. The average Bonchev–Trinajstić information content (AvgIpc) is 3.57. The van der Waals surface area contributed by atoms with Gasteiger partial charge in [0, 0.05) is 16.9 Å². The molecule has 156 valence electrons. The lowest BCUT2D eigenvalue weighted by atomic mass is 10.1. The molecule has 0 N–H and O–H groups in total. The number of carbonyl (C=O) groups excluding carboxylic acids is 2. The largest absolute Gasteiger partial charge is 0.488 e. The first-order chi connectivity index (χ1) is 15.2. The molecule has 31 heavy (non-hydrogen) atoms. The number of benzene rings is 1. The van der Waals surface area contributed by atoms with Gasteiger partial charge >= 0.3 is 5.97 Å². The van der Waals surface area contributed by atoms with Crippen LogP contribution in [0.2, 0.25) is 0 Å². The number of esters is 1. The number of hydrazone groups is 1. The van der Waals surface area contributed by atoms with E-state index in [9.17, 15) is 9.59 Å². The minimum absolute atomic E-state index is 0.117. The van der Waals surface area contributed by atoms with Crippen LogP contribution in [0.3, 0.4) is 0 Å². The van der Waals surface area contributed by atoms with E-state index < -0.39 is 5.97 Å². The topological polar surface area (TPSA) is 68.2 Å². The van der Waals surface area contributed by atoms with Crippen molar-refractivity contribution in [3.05, 3.63) is 80.2 Å². The van der Waals surface area contributed by atoms with Crippen LogP contribution in [0, 0.1) is 0 Å². The minimum atomic E-state index is -0.558. The quantitative estimate of drug-likeness (QED) is 0.537. The van der Waals surface area contributed by atoms with Gasteiger partial charge in [-0.2, -0.15) is 5.10 Å². The molecule has 3 aromatic rings. The van der Waals surface area contributed by atoms with E-state index in [1.54, 1.807) is 28.7 Å². The second kappa shape index (κ2) is 8.49. The number of rotatable bonds is 5. The zero-order chi connectivity index (χ0) is 21.2. The molecule has 2 aliphatic heterocycles. The molecule has 0 aliphatic carbocycles. The zero-order valence-electron chi connectivity index (χ0n) is 16.4. The van der Waals surface area contributed by atoms with Gasteiger partial charge in [-0.3, -0.25) is 4.79 Å². The summed E-state index contributed by atoms with van der Waals surface area (Å²) < 4.78 is 10.9. The number of hydrogen-bond donors (Lipinski definition) is 0. The fourth-order valence-corrected chi connectivity index (χ4v) is 5.09. The van der Waals surface area contributed by atoms with Gasteiger partial charge in [0.25, 0.3) is 5.91 Å². The Morgan fingerprint density at radius 2 is 1.94 bits per heavy atom. The average molecular weight is 451 g/mol. The van der Waals surface area contributed by atoms with Crippen molar-refractivity contribution in [1.82, 2.24) is 5.01 Å². The number of hydrogen-bond acceptors (Lipinski definition) is 7. The molecule has 2 aromatic heterocycles. The molecule has 1 amide bonds. The van der Waals surface area contributed by atoms with Crippen LogP contribution in [-0.4, -0.2) is 35.8 Å². The third-order valence-corrected chi connectivity index (χ3v) is 6.96. The summed E-state index contributed by atoms with van der Waals surface area (Å²) >= 11 is 3.18. The van der Waals surface area contributed by atoms with Crippen LogP contribution in [0.4, 0.5) is 0 Å². The van der Waals surface area contributed by atoms with Crippen LogP contribution in [-0.2, 0) is 14.3 Å². The number of amides is 1. The van der Waals surface area contributed by atoms with Crippen LogP contribution >= 0.6 is 22.7 Å². The lowest BCUT2D eigenvalue weighted by molar-refractivity contribution is -0.150. The summed E-state index contributed by atoms with van der Waals surface area (Å²) in [5.74, 6) is -0.186. The molecule has 0 spiro atoms. The molecule has 4 heterocycles. The van der Waals surface area contributed by atoms with Crippen molar-refractivity contribution in [3.63, 3.8) is 0 Å². The maximum absolute atomic E-state index is 13.0. The minimum Gasteiger partial charge on any atom is -0.488 e. The summed E-state index contributed by atoms with van der Waals surface area (Å²) in [5.41, 5.74) is 2.06. The maximum Gasteiger partial charge on any atom is 0.338 e. The lowest BCUT2D eigenvalue weighted by Crippen LogP contribution is -2.31. The molecule has 0 saturated carbocycles. The zero-order valence-corrected chi connectivity index (χ0v) is 18.0. The van der Waals surface area contributed by atoms with Crippen LogP contribution in [0.1, 0.15) is 27.8 Å². The molecule has 8 heteroatoms. The summed E-state index contributed by atoms with van der Waals surface area (Å²) in [4.78, 5) is 27.6. The molecule has 0 bridgehead atoms. The Hall–Kier alpha value is -3.23. The smallest absolute Gasteiger partial charge is 0.338 e. The predicted octanol–water partition coefficient (Wildman–Crippen LogP) is 4.51. The van der Waals surface area contributed by atoms with E-state index in [2.05, 4.69) is 5.10 Å². The van der Waals surface area contributed by atoms with Gasteiger partial charge in [-0.1, -0.05) is 30.3 Å². The fourth-order valence-electron chi connectivity index (χ4n) is 3.55. The Balaban J connectivity index is 1.29. The first-order valence-corrected chi connectivity index (χ1v) is 11.5. The van der Waals surface area contributed by atoms with Gasteiger partial charge in [0.05, 0.1) is 22.2 Å². The van der Waals surface area contributed by atoms with Crippen molar-refractivity contribution in [2.75, 3.05) is 13.2 Å².